The Balaban J connectivity index is 1.50. The molecular weight excluding hydrogens is 355 g/mol. The van der Waals surface area contributed by atoms with E-state index in [4.69, 9.17) is 0 Å². The Labute approximate surface area is 162 Å². The molecule has 5 heteroatoms. The molecule has 0 aliphatic heterocycles. The van der Waals surface area contributed by atoms with E-state index in [-0.39, 0.29) is 17.5 Å². The number of hydrogen-bond acceptors (Lipinski definition) is 2. The number of carbonyl (C=O) groups is 2. The maximum Gasteiger partial charge on any atom is 0.272 e. The Morgan fingerprint density at radius 2 is 1.82 bits per heavy atom. The van der Waals surface area contributed by atoms with Crippen molar-refractivity contribution in [2.24, 2.45) is 5.92 Å². The second kappa shape index (κ2) is 7.43. The quantitative estimate of drug-likeness (QED) is 0.569. The summed E-state index contributed by atoms with van der Waals surface area (Å²) in [6, 6.07) is 15.0. The van der Waals surface area contributed by atoms with Gasteiger partial charge in [0.15, 0.2) is 5.78 Å². The lowest BCUT2D eigenvalue weighted by atomic mass is 10.0. The summed E-state index contributed by atoms with van der Waals surface area (Å²) >= 11 is 0. The van der Waals surface area contributed by atoms with Gasteiger partial charge < -0.3 is 10.3 Å². The topological polar surface area (TPSA) is 62.0 Å². The van der Waals surface area contributed by atoms with Gasteiger partial charge in [-0.3, -0.25) is 9.59 Å². The van der Waals surface area contributed by atoms with Gasteiger partial charge in [-0.25, -0.2) is 4.39 Å². The first kappa shape index (κ1) is 18.2. The van der Waals surface area contributed by atoms with Crippen LogP contribution in [-0.2, 0) is 0 Å². The fourth-order valence-corrected chi connectivity index (χ4v) is 3.15. The maximum atomic E-state index is 13.1. The predicted octanol–water partition coefficient (Wildman–Crippen LogP) is 5.36. The van der Waals surface area contributed by atoms with Crippen molar-refractivity contribution in [2.75, 3.05) is 5.32 Å². The number of ketones is 1. The molecule has 28 heavy (non-hydrogen) atoms. The first-order valence-electron chi connectivity index (χ1n) is 9.40. The summed E-state index contributed by atoms with van der Waals surface area (Å²) in [5, 5.41) is 2.88. The number of benzene rings is 2. The Hall–Kier alpha value is -3.21. The van der Waals surface area contributed by atoms with Crippen LogP contribution in [0, 0.1) is 18.7 Å². The number of Topliss-reactive ketones (excluding diaryl/α,β-unsaturated/α-hetero) is 1. The summed E-state index contributed by atoms with van der Waals surface area (Å²) in [6.45, 7) is 1.89. The average molecular weight is 376 g/mol. The van der Waals surface area contributed by atoms with Crippen LogP contribution in [0.2, 0.25) is 0 Å². The minimum Gasteiger partial charge on any atom is -0.351 e. The van der Waals surface area contributed by atoms with Gasteiger partial charge in [-0.2, -0.15) is 0 Å². The fraction of sp³-hybridized carbons (Fsp3) is 0.217. The summed E-state index contributed by atoms with van der Waals surface area (Å²) < 4.78 is 13.1. The number of amides is 1. The molecule has 142 valence electrons. The molecule has 0 unspecified atom stereocenters. The molecule has 0 saturated heterocycles. The van der Waals surface area contributed by atoms with Crippen LogP contribution >= 0.6 is 0 Å². The van der Waals surface area contributed by atoms with Gasteiger partial charge in [0, 0.05) is 23.4 Å². The molecule has 4 nitrogen and oxygen atoms in total. The van der Waals surface area contributed by atoms with Crippen molar-refractivity contribution in [3.8, 4) is 11.3 Å². The second-order valence-electron chi connectivity index (χ2n) is 7.35. The van der Waals surface area contributed by atoms with Crippen LogP contribution in [0.1, 0.15) is 45.7 Å². The lowest BCUT2D eigenvalue weighted by molar-refractivity contribution is 0.0973. The third-order valence-electron chi connectivity index (χ3n) is 5.06. The van der Waals surface area contributed by atoms with Crippen LogP contribution in [-0.4, -0.2) is 16.7 Å². The highest BCUT2D eigenvalue weighted by Crippen LogP contribution is 2.34. The zero-order valence-corrected chi connectivity index (χ0v) is 15.6. The predicted molar refractivity (Wildman–Crippen MR) is 107 cm³/mol. The SMILES string of the molecule is Cc1ccc(C(=O)CC2CC2)cc1NC(=O)c1ccc(-c2ccc(F)cc2)[nH]1. The Morgan fingerprint density at radius 1 is 1.07 bits per heavy atom. The molecule has 2 aromatic carbocycles. The molecule has 0 atom stereocenters. The summed E-state index contributed by atoms with van der Waals surface area (Å²) in [5.74, 6) is 0.0511. The van der Waals surface area contributed by atoms with E-state index >= 15 is 0 Å². The fourth-order valence-electron chi connectivity index (χ4n) is 3.15. The molecule has 1 aliphatic rings. The molecule has 1 amide bonds. The van der Waals surface area contributed by atoms with Crippen LogP contribution in [0.3, 0.4) is 0 Å². The summed E-state index contributed by atoms with van der Waals surface area (Å²) in [6.07, 6.45) is 2.84. The van der Waals surface area contributed by atoms with Crippen molar-refractivity contribution in [1.29, 1.82) is 0 Å². The number of carbonyl (C=O) groups excluding carboxylic acids is 2. The van der Waals surface area contributed by atoms with Crippen LogP contribution in [0.15, 0.2) is 54.6 Å². The smallest absolute Gasteiger partial charge is 0.272 e. The average Bonchev–Trinajstić information content (AvgIpc) is 3.35. The molecular formula is C23H21FN2O2. The number of H-pyrrole nitrogens is 1. The van der Waals surface area contributed by atoms with Gasteiger partial charge in [0.05, 0.1) is 0 Å². The van der Waals surface area contributed by atoms with Gasteiger partial charge in [-0.15, -0.1) is 0 Å². The van der Waals surface area contributed by atoms with Gasteiger partial charge in [0.1, 0.15) is 11.5 Å². The van der Waals surface area contributed by atoms with Crippen molar-refractivity contribution in [1.82, 2.24) is 4.98 Å². The second-order valence-corrected chi connectivity index (χ2v) is 7.35. The molecule has 1 saturated carbocycles. The van der Waals surface area contributed by atoms with Gasteiger partial charge in [-0.1, -0.05) is 12.1 Å². The van der Waals surface area contributed by atoms with E-state index < -0.39 is 0 Å². The monoisotopic (exact) mass is 376 g/mol. The van der Waals surface area contributed by atoms with Crippen molar-refractivity contribution in [2.45, 2.75) is 26.2 Å². The third-order valence-corrected chi connectivity index (χ3v) is 5.06. The molecule has 2 N–H and O–H groups in total. The van der Waals surface area contributed by atoms with Crippen molar-refractivity contribution in [3.05, 3.63) is 77.2 Å². The first-order valence-corrected chi connectivity index (χ1v) is 9.40. The Kier molecular flexibility index (Phi) is 4.82. The highest BCUT2D eigenvalue weighted by molar-refractivity contribution is 6.05. The zero-order chi connectivity index (χ0) is 19.7. The van der Waals surface area contributed by atoms with Crippen molar-refractivity contribution in [3.63, 3.8) is 0 Å². The standard InChI is InChI=1S/C23H21FN2O2/c1-14-2-5-17(22(27)12-15-3-4-15)13-21(14)26-23(28)20-11-10-19(25-20)16-6-8-18(24)9-7-16/h2,5-11,13,15,25H,3-4,12H2,1H3,(H,26,28). The van der Waals surface area contributed by atoms with Gasteiger partial charge in [-0.05, 0) is 79.3 Å². The minimum atomic E-state index is -0.306. The number of aryl methyl sites for hydroxylation is 1. The lowest BCUT2D eigenvalue weighted by Gasteiger charge is -2.10. The molecule has 1 heterocycles. The Morgan fingerprint density at radius 3 is 2.54 bits per heavy atom. The van der Waals surface area contributed by atoms with Crippen LogP contribution < -0.4 is 5.32 Å². The number of nitrogens with one attached hydrogen (secondary N) is 2. The van der Waals surface area contributed by atoms with E-state index in [1.165, 1.54) is 12.1 Å². The molecule has 4 rings (SSSR count). The zero-order valence-electron chi connectivity index (χ0n) is 15.6. The largest absolute Gasteiger partial charge is 0.351 e. The molecule has 1 fully saturated rings. The summed E-state index contributed by atoms with van der Waals surface area (Å²) in [4.78, 5) is 28.1. The highest BCUT2D eigenvalue weighted by Gasteiger charge is 2.25. The van der Waals surface area contributed by atoms with Crippen LogP contribution in [0.5, 0.6) is 0 Å². The Bertz CT molecular complexity index is 1030. The van der Waals surface area contributed by atoms with E-state index in [9.17, 15) is 14.0 Å². The molecule has 1 aromatic heterocycles. The van der Waals surface area contributed by atoms with E-state index in [0.717, 1.165) is 29.7 Å². The van der Waals surface area contributed by atoms with Gasteiger partial charge >= 0.3 is 0 Å². The first-order chi connectivity index (χ1) is 13.5. The molecule has 0 bridgehead atoms. The van der Waals surface area contributed by atoms with E-state index in [1.54, 1.807) is 30.3 Å². The normalized spacial score (nSPS) is 13.4. The van der Waals surface area contributed by atoms with E-state index in [2.05, 4.69) is 10.3 Å². The van der Waals surface area contributed by atoms with Crippen molar-refractivity contribution < 1.29 is 14.0 Å². The number of aromatic amines is 1. The van der Waals surface area contributed by atoms with Crippen molar-refractivity contribution >= 4 is 17.4 Å². The third kappa shape index (κ3) is 4.03. The minimum absolute atomic E-state index is 0.122. The summed E-state index contributed by atoms with van der Waals surface area (Å²) in [7, 11) is 0. The number of anilines is 1. The molecule has 1 aliphatic carbocycles. The number of aromatic nitrogens is 1. The lowest BCUT2D eigenvalue weighted by Crippen LogP contribution is -2.14. The van der Waals surface area contributed by atoms with E-state index in [1.807, 2.05) is 19.1 Å². The van der Waals surface area contributed by atoms with Crippen LogP contribution in [0.4, 0.5) is 10.1 Å². The molecule has 0 spiro atoms. The molecule has 0 radical (unpaired) electrons. The van der Waals surface area contributed by atoms with E-state index in [0.29, 0.717) is 29.3 Å². The highest BCUT2D eigenvalue weighted by atomic mass is 19.1. The number of hydrogen-bond donors (Lipinski definition) is 2. The molecule has 3 aromatic rings. The van der Waals surface area contributed by atoms with Gasteiger partial charge in [0.25, 0.3) is 5.91 Å². The van der Waals surface area contributed by atoms with Gasteiger partial charge in [0.2, 0.25) is 0 Å². The maximum absolute atomic E-state index is 13.1. The summed E-state index contributed by atoms with van der Waals surface area (Å²) in [5.41, 5.74) is 4.07. The van der Waals surface area contributed by atoms with Crippen LogP contribution in [0.25, 0.3) is 11.3 Å². The number of halogens is 1. The number of rotatable bonds is 6.